The van der Waals surface area contributed by atoms with E-state index in [1.54, 1.807) is 6.20 Å². The molecule has 15 heavy (non-hydrogen) atoms. The second kappa shape index (κ2) is 4.48. The van der Waals surface area contributed by atoms with Crippen molar-refractivity contribution in [3.05, 3.63) is 18.1 Å². The molecule has 0 saturated carbocycles. The molecule has 0 unspecified atom stereocenters. The Hall–Kier alpha value is -1.30. The summed E-state index contributed by atoms with van der Waals surface area (Å²) in [5.74, 6) is 2.38. The predicted octanol–water partition coefficient (Wildman–Crippen LogP) is 0.129. The van der Waals surface area contributed by atoms with Crippen molar-refractivity contribution in [2.45, 2.75) is 0 Å². The predicted molar refractivity (Wildman–Crippen MR) is 60.1 cm³/mol. The summed E-state index contributed by atoms with van der Waals surface area (Å²) in [4.78, 5) is 21.2. The van der Waals surface area contributed by atoms with Gasteiger partial charge in [-0.25, -0.2) is 4.98 Å². The molecule has 1 amide bonds. The molecule has 0 spiro atoms. The van der Waals surface area contributed by atoms with Crippen LogP contribution < -0.4 is 10.6 Å². The summed E-state index contributed by atoms with van der Waals surface area (Å²) in [5, 5.41) is 0. The van der Waals surface area contributed by atoms with E-state index in [2.05, 4.69) is 14.9 Å². The second-order valence-corrected chi connectivity index (χ2v) is 4.45. The lowest BCUT2D eigenvalue weighted by Gasteiger charge is -2.27. The number of primary amides is 1. The van der Waals surface area contributed by atoms with Crippen molar-refractivity contribution in [1.29, 1.82) is 0 Å². The Morgan fingerprint density at radius 2 is 2.13 bits per heavy atom. The van der Waals surface area contributed by atoms with Crippen LogP contribution in [0.1, 0.15) is 10.5 Å². The van der Waals surface area contributed by atoms with Gasteiger partial charge in [-0.3, -0.25) is 9.78 Å². The fourth-order valence-corrected chi connectivity index (χ4v) is 2.32. The maximum Gasteiger partial charge on any atom is 0.268 e. The van der Waals surface area contributed by atoms with Crippen LogP contribution in [0.4, 0.5) is 5.82 Å². The van der Waals surface area contributed by atoms with E-state index in [9.17, 15) is 4.79 Å². The molecule has 1 aliphatic rings. The van der Waals surface area contributed by atoms with E-state index in [0.717, 1.165) is 30.4 Å². The standard InChI is InChI=1S/C9H12N4OS/c10-9(14)7-5-11-6-8(12-7)13-1-3-15-4-2-13/h5-6H,1-4H2,(H2,10,14). The Labute approximate surface area is 92.1 Å². The highest BCUT2D eigenvalue weighted by Gasteiger charge is 2.14. The second-order valence-electron chi connectivity index (χ2n) is 3.23. The largest absolute Gasteiger partial charge is 0.364 e. The maximum absolute atomic E-state index is 10.9. The SMILES string of the molecule is NC(=O)c1cncc(N2CCSCC2)n1. The molecule has 0 atom stereocenters. The first-order valence-corrected chi connectivity index (χ1v) is 5.87. The smallest absolute Gasteiger partial charge is 0.268 e. The third kappa shape index (κ3) is 2.38. The van der Waals surface area contributed by atoms with Crippen molar-refractivity contribution >= 4 is 23.5 Å². The Kier molecular flexibility index (Phi) is 3.05. The Balaban J connectivity index is 2.19. The highest BCUT2D eigenvalue weighted by molar-refractivity contribution is 7.99. The fraction of sp³-hybridized carbons (Fsp3) is 0.444. The highest BCUT2D eigenvalue weighted by Crippen LogP contribution is 2.16. The number of amides is 1. The van der Waals surface area contributed by atoms with E-state index < -0.39 is 5.91 Å². The van der Waals surface area contributed by atoms with Gasteiger partial charge in [0.1, 0.15) is 11.5 Å². The Morgan fingerprint density at radius 3 is 2.80 bits per heavy atom. The first-order chi connectivity index (χ1) is 7.27. The highest BCUT2D eigenvalue weighted by atomic mass is 32.2. The minimum absolute atomic E-state index is 0.228. The van der Waals surface area contributed by atoms with Crippen molar-refractivity contribution in [3.8, 4) is 0 Å². The van der Waals surface area contributed by atoms with Crippen LogP contribution in [0.2, 0.25) is 0 Å². The van der Waals surface area contributed by atoms with Gasteiger partial charge >= 0.3 is 0 Å². The average Bonchev–Trinajstić information content (AvgIpc) is 2.30. The summed E-state index contributed by atoms with van der Waals surface area (Å²) in [6, 6.07) is 0. The number of rotatable bonds is 2. The van der Waals surface area contributed by atoms with Gasteiger partial charge in [-0.2, -0.15) is 11.8 Å². The maximum atomic E-state index is 10.9. The molecular formula is C9H12N4OS. The number of nitrogens with zero attached hydrogens (tertiary/aromatic N) is 3. The van der Waals surface area contributed by atoms with Crippen molar-refractivity contribution in [2.75, 3.05) is 29.5 Å². The van der Waals surface area contributed by atoms with Crippen molar-refractivity contribution in [2.24, 2.45) is 5.73 Å². The number of anilines is 1. The lowest BCUT2D eigenvalue weighted by atomic mass is 10.4. The number of thioether (sulfide) groups is 1. The number of hydrogen-bond donors (Lipinski definition) is 1. The van der Waals surface area contributed by atoms with Crippen molar-refractivity contribution in [1.82, 2.24) is 9.97 Å². The average molecular weight is 224 g/mol. The van der Waals surface area contributed by atoms with Gasteiger partial charge in [-0.1, -0.05) is 0 Å². The molecule has 5 nitrogen and oxygen atoms in total. The lowest BCUT2D eigenvalue weighted by molar-refractivity contribution is 0.0995. The molecule has 0 bridgehead atoms. The molecule has 1 aliphatic heterocycles. The first-order valence-electron chi connectivity index (χ1n) is 4.72. The molecule has 1 saturated heterocycles. The zero-order chi connectivity index (χ0) is 10.7. The molecule has 2 heterocycles. The van der Waals surface area contributed by atoms with Gasteiger partial charge < -0.3 is 10.6 Å². The molecule has 6 heteroatoms. The number of carbonyl (C=O) groups excluding carboxylic acids is 1. The van der Waals surface area contributed by atoms with Gasteiger partial charge in [0.05, 0.1) is 12.4 Å². The normalized spacial score (nSPS) is 16.4. The summed E-state index contributed by atoms with van der Waals surface area (Å²) in [7, 11) is 0. The van der Waals surface area contributed by atoms with Crippen LogP contribution in [0, 0.1) is 0 Å². The third-order valence-corrected chi connectivity index (χ3v) is 3.15. The lowest BCUT2D eigenvalue weighted by Crippen LogP contribution is -2.33. The van der Waals surface area contributed by atoms with E-state index in [-0.39, 0.29) is 5.69 Å². The molecule has 0 aliphatic carbocycles. The Morgan fingerprint density at radius 1 is 1.40 bits per heavy atom. The summed E-state index contributed by atoms with van der Waals surface area (Å²) in [6.07, 6.45) is 3.06. The molecular weight excluding hydrogens is 212 g/mol. The minimum Gasteiger partial charge on any atom is -0.364 e. The number of carbonyl (C=O) groups is 1. The van der Waals surface area contributed by atoms with Crippen LogP contribution in [-0.2, 0) is 0 Å². The fourth-order valence-electron chi connectivity index (χ4n) is 1.42. The van der Waals surface area contributed by atoms with E-state index in [4.69, 9.17) is 5.73 Å². The van der Waals surface area contributed by atoms with Gasteiger partial charge in [0.2, 0.25) is 0 Å². The zero-order valence-electron chi connectivity index (χ0n) is 8.22. The topological polar surface area (TPSA) is 72.1 Å². The van der Waals surface area contributed by atoms with Crippen LogP contribution in [0.5, 0.6) is 0 Å². The molecule has 1 aromatic rings. The quantitative estimate of drug-likeness (QED) is 0.773. The van der Waals surface area contributed by atoms with Gasteiger partial charge in [-0.05, 0) is 0 Å². The third-order valence-electron chi connectivity index (χ3n) is 2.21. The Bertz CT molecular complexity index is 365. The van der Waals surface area contributed by atoms with Crippen molar-refractivity contribution in [3.63, 3.8) is 0 Å². The molecule has 2 rings (SSSR count). The van der Waals surface area contributed by atoms with Crippen LogP contribution in [0.25, 0.3) is 0 Å². The number of aromatic nitrogens is 2. The molecule has 0 aromatic carbocycles. The van der Waals surface area contributed by atoms with E-state index in [1.807, 2.05) is 11.8 Å². The summed E-state index contributed by atoms with van der Waals surface area (Å²) >= 11 is 1.92. The number of nitrogens with two attached hydrogens (primary N) is 1. The first kappa shape index (κ1) is 10.2. The summed E-state index contributed by atoms with van der Waals surface area (Å²) in [5.41, 5.74) is 5.38. The molecule has 80 valence electrons. The van der Waals surface area contributed by atoms with Crippen LogP contribution in [-0.4, -0.2) is 40.5 Å². The number of hydrogen-bond acceptors (Lipinski definition) is 5. The molecule has 2 N–H and O–H groups in total. The van der Waals surface area contributed by atoms with E-state index in [1.165, 1.54) is 6.20 Å². The van der Waals surface area contributed by atoms with Crippen LogP contribution >= 0.6 is 11.8 Å². The minimum atomic E-state index is -0.532. The summed E-state index contributed by atoms with van der Waals surface area (Å²) < 4.78 is 0. The van der Waals surface area contributed by atoms with Gasteiger partial charge in [0.25, 0.3) is 5.91 Å². The zero-order valence-corrected chi connectivity index (χ0v) is 9.04. The monoisotopic (exact) mass is 224 g/mol. The van der Waals surface area contributed by atoms with Gasteiger partial charge in [0.15, 0.2) is 0 Å². The van der Waals surface area contributed by atoms with Gasteiger partial charge in [0, 0.05) is 24.6 Å². The molecule has 0 radical (unpaired) electrons. The van der Waals surface area contributed by atoms with Gasteiger partial charge in [-0.15, -0.1) is 0 Å². The molecule has 1 fully saturated rings. The van der Waals surface area contributed by atoms with Crippen LogP contribution in [0.3, 0.4) is 0 Å². The molecule has 1 aromatic heterocycles. The summed E-state index contributed by atoms with van der Waals surface area (Å²) in [6.45, 7) is 1.89. The van der Waals surface area contributed by atoms with Crippen LogP contribution in [0.15, 0.2) is 12.4 Å². The van der Waals surface area contributed by atoms with Crippen molar-refractivity contribution < 1.29 is 4.79 Å². The van der Waals surface area contributed by atoms with E-state index >= 15 is 0 Å². The van der Waals surface area contributed by atoms with E-state index in [0.29, 0.717) is 0 Å².